The average molecular weight is 384 g/mol. The summed E-state index contributed by atoms with van der Waals surface area (Å²) in [5.74, 6) is -0.0367. The number of carbonyl (C=O) groups excluding carboxylic acids is 1. The highest BCUT2D eigenvalue weighted by atomic mass is 35.5. The molecule has 0 saturated carbocycles. The number of amides is 1. The number of nitrogens with one attached hydrogen (secondary N) is 2. The van der Waals surface area contributed by atoms with Crippen LogP contribution in [-0.2, 0) is 0 Å². The van der Waals surface area contributed by atoms with Crippen LogP contribution < -0.4 is 10.6 Å². The van der Waals surface area contributed by atoms with E-state index in [0.717, 1.165) is 5.69 Å². The largest absolute Gasteiger partial charge is 0.340 e. The van der Waals surface area contributed by atoms with Crippen molar-refractivity contribution >= 4 is 46.3 Å². The van der Waals surface area contributed by atoms with Gasteiger partial charge in [-0.25, -0.2) is 9.97 Å². The van der Waals surface area contributed by atoms with Crippen molar-refractivity contribution in [3.63, 3.8) is 0 Å². The van der Waals surface area contributed by atoms with Crippen molar-refractivity contribution in [3.8, 4) is 6.07 Å². The SMILES string of the molecule is N#Cc1ccc(Nc2cc(C(=O)Nc3c(Cl)cccc3Cl)ncn2)cc1. The molecular weight excluding hydrogens is 373 g/mol. The number of halogens is 2. The molecule has 3 rings (SSSR count). The molecule has 6 nitrogen and oxygen atoms in total. The highest BCUT2D eigenvalue weighted by Gasteiger charge is 2.13. The van der Waals surface area contributed by atoms with E-state index in [9.17, 15) is 4.79 Å². The van der Waals surface area contributed by atoms with E-state index in [1.54, 1.807) is 42.5 Å². The normalized spacial score (nSPS) is 10.0. The Morgan fingerprint density at radius 3 is 2.38 bits per heavy atom. The van der Waals surface area contributed by atoms with Gasteiger partial charge in [-0.3, -0.25) is 4.79 Å². The number of benzene rings is 2. The summed E-state index contributed by atoms with van der Waals surface area (Å²) >= 11 is 12.1. The van der Waals surface area contributed by atoms with Crippen LogP contribution in [0.5, 0.6) is 0 Å². The summed E-state index contributed by atoms with van der Waals surface area (Å²) < 4.78 is 0. The number of hydrogen-bond acceptors (Lipinski definition) is 5. The standard InChI is InChI=1S/C18H11Cl2N5O/c19-13-2-1-3-14(20)17(13)25-18(26)15-8-16(23-10-22-15)24-12-6-4-11(9-21)5-7-12/h1-8,10H,(H,25,26)(H,22,23,24). The smallest absolute Gasteiger partial charge is 0.274 e. The molecule has 0 atom stereocenters. The third-order valence-corrected chi connectivity index (χ3v) is 4.02. The van der Waals surface area contributed by atoms with Crippen LogP contribution in [0.1, 0.15) is 16.1 Å². The second-order valence-electron chi connectivity index (χ2n) is 5.15. The third kappa shape index (κ3) is 4.09. The van der Waals surface area contributed by atoms with E-state index in [-0.39, 0.29) is 5.69 Å². The van der Waals surface area contributed by atoms with Crippen molar-refractivity contribution in [3.05, 3.63) is 76.2 Å². The zero-order valence-electron chi connectivity index (χ0n) is 13.2. The highest BCUT2D eigenvalue weighted by Crippen LogP contribution is 2.30. The minimum absolute atomic E-state index is 0.145. The van der Waals surface area contributed by atoms with Gasteiger partial charge < -0.3 is 10.6 Å². The summed E-state index contributed by atoms with van der Waals surface area (Å²) in [6.45, 7) is 0. The van der Waals surface area contributed by atoms with Crippen LogP contribution in [0.3, 0.4) is 0 Å². The molecule has 2 aromatic carbocycles. The van der Waals surface area contributed by atoms with E-state index >= 15 is 0 Å². The second kappa shape index (κ2) is 7.83. The van der Waals surface area contributed by atoms with E-state index in [4.69, 9.17) is 28.5 Å². The topological polar surface area (TPSA) is 90.7 Å². The lowest BCUT2D eigenvalue weighted by Gasteiger charge is -2.10. The Bertz CT molecular complexity index is 979. The molecule has 8 heteroatoms. The van der Waals surface area contributed by atoms with Gasteiger partial charge in [0.15, 0.2) is 0 Å². The molecule has 0 fully saturated rings. The monoisotopic (exact) mass is 383 g/mol. The Balaban J connectivity index is 1.78. The van der Waals surface area contributed by atoms with E-state index in [2.05, 4.69) is 20.6 Å². The van der Waals surface area contributed by atoms with Crippen molar-refractivity contribution in [2.75, 3.05) is 10.6 Å². The van der Waals surface area contributed by atoms with Crippen LogP contribution in [0.15, 0.2) is 54.9 Å². The van der Waals surface area contributed by atoms with E-state index < -0.39 is 5.91 Å². The molecule has 1 heterocycles. The molecule has 128 valence electrons. The van der Waals surface area contributed by atoms with E-state index in [1.807, 2.05) is 6.07 Å². The zero-order valence-corrected chi connectivity index (χ0v) is 14.7. The predicted molar refractivity (Wildman–Crippen MR) is 101 cm³/mol. The molecular formula is C18H11Cl2N5O. The molecule has 3 aromatic rings. The molecule has 0 spiro atoms. The first-order chi connectivity index (χ1) is 12.6. The van der Waals surface area contributed by atoms with Gasteiger partial charge in [0.05, 0.1) is 27.4 Å². The van der Waals surface area contributed by atoms with E-state index in [0.29, 0.717) is 27.1 Å². The van der Waals surface area contributed by atoms with Gasteiger partial charge in [-0.1, -0.05) is 29.3 Å². The lowest BCUT2D eigenvalue weighted by atomic mass is 10.2. The summed E-state index contributed by atoms with van der Waals surface area (Å²) in [4.78, 5) is 20.5. The molecule has 0 saturated heterocycles. The predicted octanol–water partition coefficient (Wildman–Crippen LogP) is 4.65. The maximum Gasteiger partial charge on any atom is 0.274 e. The van der Waals surface area contributed by atoms with Crippen molar-refractivity contribution < 1.29 is 4.79 Å². The Labute approximate surface area is 159 Å². The summed E-state index contributed by atoms with van der Waals surface area (Å²) in [6.07, 6.45) is 1.27. The number of nitrogens with zero attached hydrogens (tertiary/aromatic N) is 3. The maximum atomic E-state index is 12.4. The van der Waals surface area contributed by atoms with Gasteiger partial charge in [-0.15, -0.1) is 0 Å². The molecule has 2 N–H and O–H groups in total. The molecule has 0 aliphatic heterocycles. The van der Waals surface area contributed by atoms with Crippen molar-refractivity contribution in [1.82, 2.24) is 9.97 Å². The lowest BCUT2D eigenvalue weighted by molar-refractivity contribution is 0.102. The van der Waals surface area contributed by atoms with Gasteiger partial charge in [0, 0.05) is 11.8 Å². The van der Waals surface area contributed by atoms with Crippen LogP contribution in [0.4, 0.5) is 17.2 Å². The van der Waals surface area contributed by atoms with E-state index in [1.165, 1.54) is 12.4 Å². The van der Waals surface area contributed by atoms with Gasteiger partial charge >= 0.3 is 0 Å². The van der Waals surface area contributed by atoms with Crippen LogP contribution in [0, 0.1) is 11.3 Å². The van der Waals surface area contributed by atoms with Crippen molar-refractivity contribution in [2.24, 2.45) is 0 Å². The van der Waals surface area contributed by atoms with Gasteiger partial charge in [-0.2, -0.15) is 5.26 Å². The molecule has 0 aliphatic carbocycles. The number of aromatic nitrogens is 2. The summed E-state index contributed by atoms with van der Waals surface area (Å²) in [6, 6.07) is 15.3. The minimum Gasteiger partial charge on any atom is -0.340 e. The fraction of sp³-hybridized carbons (Fsp3) is 0. The maximum absolute atomic E-state index is 12.4. The first kappa shape index (κ1) is 17.7. The van der Waals surface area contributed by atoms with Gasteiger partial charge in [0.25, 0.3) is 5.91 Å². The first-order valence-corrected chi connectivity index (χ1v) is 8.17. The summed E-state index contributed by atoms with van der Waals surface area (Å²) in [7, 11) is 0. The lowest BCUT2D eigenvalue weighted by Crippen LogP contribution is -2.15. The molecule has 1 aromatic heterocycles. The van der Waals surface area contributed by atoms with Crippen LogP contribution >= 0.6 is 23.2 Å². The highest BCUT2D eigenvalue weighted by molar-refractivity contribution is 6.40. The van der Waals surface area contributed by atoms with Gasteiger partial charge in [0.2, 0.25) is 0 Å². The van der Waals surface area contributed by atoms with Crippen LogP contribution in [-0.4, -0.2) is 15.9 Å². The first-order valence-electron chi connectivity index (χ1n) is 7.41. The number of carbonyl (C=O) groups is 1. The molecule has 26 heavy (non-hydrogen) atoms. The fourth-order valence-corrected chi connectivity index (χ4v) is 2.61. The second-order valence-corrected chi connectivity index (χ2v) is 5.97. The van der Waals surface area contributed by atoms with Crippen molar-refractivity contribution in [2.45, 2.75) is 0 Å². The van der Waals surface area contributed by atoms with Crippen LogP contribution in [0.25, 0.3) is 0 Å². The number of para-hydroxylation sites is 1. The number of rotatable bonds is 4. The Hall–Kier alpha value is -3.14. The summed E-state index contributed by atoms with van der Waals surface area (Å²) in [5.41, 5.74) is 1.74. The minimum atomic E-state index is -0.467. The number of anilines is 3. The van der Waals surface area contributed by atoms with Gasteiger partial charge in [-0.05, 0) is 36.4 Å². The molecule has 0 radical (unpaired) electrons. The molecule has 0 aliphatic rings. The van der Waals surface area contributed by atoms with Crippen molar-refractivity contribution in [1.29, 1.82) is 5.26 Å². The molecule has 0 unspecified atom stereocenters. The Morgan fingerprint density at radius 1 is 1.04 bits per heavy atom. The average Bonchev–Trinajstić information content (AvgIpc) is 2.65. The third-order valence-electron chi connectivity index (χ3n) is 3.39. The summed E-state index contributed by atoms with van der Waals surface area (Å²) in [5, 5.41) is 15.2. The Kier molecular flexibility index (Phi) is 5.32. The Morgan fingerprint density at radius 2 is 1.73 bits per heavy atom. The van der Waals surface area contributed by atoms with Crippen LogP contribution in [0.2, 0.25) is 10.0 Å². The fourth-order valence-electron chi connectivity index (χ4n) is 2.12. The molecule has 0 bridgehead atoms. The zero-order chi connectivity index (χ0) is 18.5. The quantitative estimate of drug-likeness (QED) is 0.683. The number of nitriles is 1. The molecule has 1 amide bonds. The number of hydrogen-bond donors (Lipinski definition) is 2. The van der Waals surface area contributed by atoms with Gasteiger partial charge in [0.1, 0.15) is 17.8 Å².